The maximum Gasteiger partial charge on any atom is 0.133 e. The fourth-order valence-corrected chi connectivity index (χ4v) is 1.53. The molecule has 0 aromatic heterocycles. The number of carbonyl (C=O) groups is 1. The molecule has 0 heterocycles. The zero-order chi connectivity index (χ0) is 9.52. The maximum absolute atomic E-state index is 10.9. The fourth-order valence-electron chi connectivity index (χ4n) is 1.53. The molecule has 0 aromatic carbocycles. The van der Waals surface area contributed by atoms with Gasteiger partial charge in [0.05, 0.1) is 6.10 Å². The standard InChI is InChI=1S/C10H18O3/c1-12-7-2-8-13-10-5-3-9(11)4-6-10/h10H,2-8H2,1H3. The Hall–Kier alpha value is -0.410. The Labute approximate surface area is 79.4 Å². The molecule has 0 aliphatic heterocycles. The van der Waals surface area contributed by atoms with E-state index in [-0.39, 0.29) is 0 Å². The van der Waals surface area contributed by atoms with Gasteiger partial charge in [-0.1, -0.05) is 0 Å². The molecule has 13 heavy (non-hydrogen) atoms. The second kappa shape index (κ2) is 6.11. The average Bonchev–Trinajstić information content (AvgIpc) is 2.15. The smallest absolute Gasteiger partial charge is 0.133 e. The summed E-state index contributed by atoms with van der Waals surface area (Å²) in [5.74, 6) is 0.386. The number of rotatable bonds is 5. The van der Waals surface area contributed by atoms with E-state index < -0.39 is 0 Å². The van der Waals surface area contributed by atoms with Crippen LogP contribution >= 0.6 is 0 Å². The third kappa shape index (κ3) is 4.39. The minimum absolute atomic E-state index is 0.314. The van der Waals surface area contributed by atoms with Crippen molar-refractivity contribution in [1.29, 1.82) is 0 Å². The van der Waals surface area contributed by atoms with Crippen molar-refractivity contribution in [2.24, 2.45) is 0 Å². The highest BCUT2D eigenvalue weighted by atomic mass is 16.5. The van der Waals surface area contributed by atoms with Crippen LogP contribution < -0.4 is 0 Å². The number of hydrogen-bond acceptors (Lipinski definition) is 3. The molecule has 1 aliphatic rings. The van der Waals surface area contributed by atoms with E-state index in [0.29, 0.717) is 24.7 Å². The molecule has 0 saturated heterocycles. The molecular weight excluding hydrogens is 168 g/mol. The van der Waals surface area contributed by atoms with Crippen LogP contribution in [0.4, 0.5) is 0 Å². The van der Waals surface area contributed by atoms with E-state index in [9.17, 15) is 4.79 Å². The summed E-state index contributed by atoms with van der Waals surface area (Å²) in [6.45, 7) is 1.51. The third-order valence-electron chi connectivity index (χ3n) is 2.34. The van der Waals surface area contributed by atoms with Crippen molar-refractivity contribution in [3.05, 3.63) is 0 Å². The van der Waals surface area contributed by atoms with Crippen molar-refractivity contribution in [2.45, 2.75) is 38.2 Å². The monoisotopic (exact) mass is 186 g/mol. The highest BCUT2D eigenvalue weighted by Crippen LogP contribution is 2.17. The molecule has 0 aromatic rings. The predicted molar refractivity (Wildman–Crippen MR) is 49.7 cm³/mol. The molecule has 0 amide bonds. The van der Waals surface area contributed by atoms with Gasteiger partial charge in [-0.3, -0.25) is 4.79 Å². The number of carbonyl (C=O) groups excluding carboxylic acids is 1. The van der Waals surface area contributed by atoms with Crippen LogP contribution in [0.15, 0.2) is 0 Å². The second-order valence-corrected chi connectivity index (χ2v) is 3.46. The van der Waals surface area contributed by atoms with Gasteiger partial charge in [0.2, 0.25) is 0 Å². The summed E-state index contributed by atoms with van der Waals surface area (Å²) in [6.07, 6.45) is 4.48. The lowest BCUT2D eigenvalue weighted by molar-refractivity contribution is -0.123. The molecule has 0 bridgehead atoms. The zero-order valence-corrected chi connectivity index (χ0v) is 8.25. The SMILES string of the molecule is COCCCOC1CCC(=O)CC1. The van der Waals surface area contributed by atoms with Crippen molar-refractivity contribution < 1.29 is 14.3 Å². The van der Waals surface area contributed by atoms with E-state index in [1.807, 2.05) is 0 Å². The number of Topliss-reactive ketones (excluding diaryl/α,β-unsaturated/α-hetero) is 1. The summed E-state index contributed by atoms with van der Waals surface area (Å²) in [5, 5.41) is 0. The Bertz CT molecular complexity index is 146. The van der Waals surface area contributed by atoms with Gasteiger partial charge in [0.1, 0.15) is 5.78 Å². The normalized spacial score (nSPS) is 19.3. The lowest BCUT2D eigenvalue weighted by Gasteiger charge is -2.21. The van der Waals surface area contributed by atoms with E-state index in [1.165, 1.54) is 0 Å². The first kappa shape index (κ1) is 10.7. The summed E-state index contributed by atoms with van der Waals surface area (Å²) >= 11 is 0. The minimum atomic E-state index is 0.314. The van der Waals surface area contributed by atoms with Gasteiger partial charge < -0.3 is 9.47 Å². The first-order chi connectivity index (χ1) is 6.33. The van der Waals surface area contributed by atoms with Crippen LogP contribution in [-0.2, 0) is 14.3 Å². The number of ketones is 1. The summed E-state index contributed by atoms with van der Waals surface area (Å²) in [4.78, 5) is 10.9. The molecule has 1 aliphatic carbocycles. The summed E-state index contributed by atoms with van der Waals surface area (Å²) in [7, 11) is 1.69. The first-order valence-electron chi connectivity index (χ1n) is 4.95. The van der Waals surface area contributed by atoms with E-state index in [2.05, 4.69) is 0 Å². The molecule has 0 spiro atoms. The van der Waals surface area contributed by atoms with Crippen LogP contribution in [0, 0.1) is 0 Å². The van der Waals surface area contributed by atoms with E-state index in [4.69, 9.17) is 9.47 Å². The Morgan fingerprint density at radius 1 is 1.31 bits per heavy atom. The van der Waals surface area contributed by atoms with Gasteiger partial charge in [0.15, 0.2) is 0 Å². The van der Waals surface area contributed by atoms with Crippen molar-refractivity contribution in [3.63, 3.8) is 0 Å². The predicted octanol–water partition coefficient (Wildman–Crippen LogP) is 1.55. The quantitative estimate of drug-likeness (QED) is 0.611. The fraction of sp³-hybridized carbons (Fsp3) is 0.900. The van der Waals surface area contributed by atoms with E-state index >= 15 is 0 Å². The van der Waals surface area contributed by atoms with E-state index in [0.717, 1.165) is 32.5 Å². The highest BCUT2D eigenvalue weighted by molar-refractivity contribution is 5.79. The zero-order valence-electron chi connectivity index (χ0n) is 8.25. The van der Waals surface area contributed by atoms with Gasteiger partial charge in [-0.15, -0.1) is 0 Å². The number of ether oxygens (including phenoxy) is 2. The summed E-state index contributed by atoms with van der Waals surface area (Å²) in [5.41, 5.74) is 0. The lowest BCUT2D eigenvalue weighted by atomic mass is 9.96. The molecule has 0 atom stereocenters. The van der Waals surface area contributed by atoms with Crippen molar-refractivity contribution >= 4 is 5.78 Å². The van der Waals surface area contributed by atoms with Crippen molar-refractivity contribution in [1.82, 2.24) is 0 Å². The molecule has 1 rings (SSSR count). The lowest BCUT2D eigenvalue weighted by Crippen LogP contribution is -2.22. The van der Waals surface area contributed by atoms with Gasteiger partial charge in [-0.2, -0.15) is 0 Å². The molecule has 0 unspecified atom stereocenters. The first-order valence-corrected chi connectivity index (χ1v) is 4.95. The van der Waals surface area contributed by atoms with Gasteiger partial charge in [-0.25, -0.2) is 0 Å². The molecular formula is C10H18O3. The molecule has 0 N–H and O–H groups in total. The molecule has 3 heteroatoms. The second-order valence-electron chi connectivity index (χ2n) is 3.46. The molecule has 1 saturated carbocycles. The van der Waals surface area contributed by atoms with Crippen LogP contribution in [0.5, 0.6) is 0 Å². The maximum atomic E-state index is 10.9. The van der Waals surface area contributed by atoms with Crippen LogP contribution in [0.25, 0.3) is 0 Å². The van der Waals surface area contributed by atoms with Crippen LogP contribution in [0.1, 0.15) is 32.1 Å². The van der Waals surface area contributed by atoms with Crippen LogP contribution in [0.3, 0.4) is 0 Å². The van der Waals surface area contributed by atoms with Crippen LogP contribution in [0.2, 0.25) is 0 Å². The minimum Gasteiger partial charge on any atom is -0.385 e. The Morgan fingerprint density at radius 2 is 2.00 bits per heavy atom. The average molecular weight is 186 g/mol. The highest BCUT2D eigenvalue weighted by Gasteiger charge is 2.18. The number of methoxy groups -OCH3 is 1. The summed E-state index contributed by atoms with van der Waals surface area (Å²) in [6, 6.07) is 0. The van der Waals surface area contributed by atoms with Gasteiger partial charge >= 0.3 is 0 Å². The Balaban J connectivity index is 1.99. The van der Waals surface area contributed by atoms with Gasteiger partial charge in [0, 0.05) is 33.2 Å². The van der Waals surface area contributed by atoms with E-state index in [1.54, 1.807) is 7.11 Å². The molecule has 0 radical (unpaired) electrons. The molecule has 3 nitrogen and oxygen atoms in total. The Kier molecular flexibility index (Phi) is 5.01. The van der Waals surface area contributed by atoms with Gasteiger partial charge in [-0.05, 0) is 19.3 Å². The third-order valence-corrected chi connectivity index (χ3v) is 2.34. The van der Waals surface area contributed by atoms with Crippen molar-refractivity contribution in [3.8, 4) is 0 Å². The number of hydrogen-bond donors (Lipinski definition) is 0. The summed E-state index contributed by atoms with van der Waals surface area (Å²) < 4.78 is 10.5. The topological polar surface area (TPSA) is 35.5 Å². The van der Waals surface area contributed by atoms with Crippen molar-refractivity contribution in [2.75, 3.05) is 20.3 Å². The Morgan fingerprint density at radius 3 is 2.62 bits per heavy atom. The van der Waals surface area contributed by atoms with Gasteiger partial charge in [0.25, 0.3) is 0 Å². The molecule has 76 valence electrons. The largest absolute Gasteiger partial charge is 0.385 e. The van der Waals surface area contributed by atoms with Crippen LogP contribution in [-0.4, -0.2) is 32.2 Å². The molecule has 1 fully saturated rings.